The summed E-state index contributed by atoms with van der Waals surface area (Å²) in [7, 11) is 0. The van der Waals surface area contributed by atoms with Crippen molar-refractivity contribution in [2.45, 2.75) is 20.3 Å². The van der Waals surface area contributed by atoms with Gasteiger partial charge in [0.05, 0.1) is 12.1 Å². The number of nitrogens with two attached hydrogens (primary N) is 1. The van der Waals surface area contributed by atoms with Crippen molar-refractivity contribution in [1.29, 1.82) is 0 Å². The molecular formula is C17H18N2OS. The number of carbonyl (C=O) groups is 1. The summed E-state index contributed by atoms with van der Waals surface area (Å²) in [4.78, 5) is 12.3. The van der Waals surface area contributed by atoms with E-state index >= 15 is 0 Å². The molecule has 4 heteroatoms. The highest BCUT2D eigenvalue weighted by atomic mass is 32.1. The lowest BCUT2D eigenvalue weighted by atomic mass is 10.1. The van der Waals surface area contributed by atoms with Gasteiger partial charge in [0.1, 0.15) is 0 Å². The van der Waals surface area contributed by atoms with Crippen molar-refractivity contribution >= 4 is 22.9 Å². The minimum absolute atomic E-state index is 0.0655. The first-order valence-electron chi connectivity index (χ1n) is 6.81. The number of thiophene rings is 1. The molecule has 21 heavy (non-hydrogen) atoms. The molecule has 108 valence electrons. The van der Waals surface area contributed by atoms with Gasteiger partial charge in [0.25, 0.3) is 5.91 Å². The fourth-order valence-electron chi connectivity index (χ4n) is 2.02. The molecule has 2 rings (SSSR count). The first-order valence-corrected chi connectivity index (χ1v) is 7.76. The second-order valence-electron chi connectivity index (χ2n) is 4.65. The zero-order valence-corrected chi connectivity index (χ0v) is 13.0. The third-order valence-electron chi connectivity index (χ3n) is 3.17. The molecule has 3 N–H and O–H groups in total. The topological polar surface area (TPSA) is 55.1 Å². The minimum Gasteiger partial charge on any atom is -0.322 e. The van der Waals surface area contributed by atoms with Crippen LogP contribution in [0, 0.1) is 18.8 Å². The first-order chi connectivity index (χ1) is 10.2. The number of anilines is 1. The van der Waals surface area contributed by atoms with Crippen molar-refractivity contribution in [2.75, 3.05) is 11.9 Å². The van der Waals surface area contributed by atoms with Gasteiger partial charge in [0.15, 0.2) is 0 Å². The molecule has 3 nitrogen and oxygen atoms in total. The number of benzene rings is 1. The molecule has 0 saturated carbocycles. The Morgan fingerprint density at radius 3 is 2.81 bits per heavy atom. The molecule has 0 aliphatic rings. The molecule has 0 aliphatic heterocycles. The Kier molecular flexibility index (Phi) is 5.15. The smallest absolute Gasteiger partial charge is 0.256 e. The number of carbonyl (C=O) groups excluding carboxylic acids is 1. The van der Waals surface area contributed by atoms with E-state index in [-0.39, 0.29) is 5.91 Å². The largest absolute Gasteiger partial charge is 0.322 e. The average Bonchev–Trinajstić information content (AvgIpc) is 2.92. The van der Waals surface area contributed by atoms with Gasteiger partial charge in [-0.05, 0) is 48.1 Å². The summed E-state index contributed by atoms with van der Waals surface area (Å²) in [5, 5.41) is 6.83. The van der Waals surface area contributed by atoms with Crippen molar-refractivity contribution in [3.8, 4) is 11.8 Å². The van der Waals surface area contributed by atoms with Crippen molar-refractivity contribution in [3.63, 3.8) is 0 Å². The van der Waals surface area contributed by atoms with Crippen LogP contribution in [0.3, 0.4) is 0 Å². The van der Waals surface area contributed by atoms with Crippen LogP contribution < -0.4 is 11.1 Å². The van der Waals surface area contributed by atoms with Gasteiger partial charge in [-0.25, -0.2) is 0 Å². The van der Waals surface area contributed by atoms with Crippen molar-refractivity contribution in [2.24, 2.45) is 5.73 Å². The van der Waals surface area contributed by atoms with E-state index in [1.165, 1.54) is 11.3 Å². The highest BCUT2D eigenvalue weighted by Gasteiger charge is 2.11. The molecule has 1 amide bonds. The maximum absolute atomic E-state index is 12.3. The van der Waals surface area contributed by atoms with E-state index in [0.29, 0.717) is 6.54 Å². The van der Waals surface area contributed by atoms with Gasteiger partial charge in [0.2, 0.25) is 0 Å². The zero-order chi connectivity index (χ0) is 15.2. The summed E-state index contributed by atoms with van der Waals surface area (Å²) in [6.07, 6.45) is 0.830. The highest BCUT2D eigenvalue weighted by molar-refractivity contribution is 7.08. The van der Waals surface area contributed by atoms with Crippen LogP contribution in [0.5, 0.6) is 0 Å². The van der Waals surface area contributed by atoms with Crippen LogP contribution in [-0.2, 0) is 6.42 Å². The number of aryl methyl sites for hydroxylation is 2. The SMILES string of the molecule is CCc1cc(C#CCN)ccc1NC(=O)c1cscc1C. The van der Waals surface area contributed by atoms with Crippen molar-refractivity contribution < 1.29 is 4.79 Å². The number of hydrogen-bond donors (Lipinski definition) is 2. The second kappa shape index (κ2) is 7.07. The molecule has 1 aromatic heterocycles. The molecule has 0 atom stereocenters. The van der Waals surface area contributed by atoms with Crippen LogP contribution >= 0.6 is 11.3 Å². The maximum Gasteiger partial charge on any atom is 0.256 e. The Morgan fingerprint density at radius 1 is 1.38 bits per heavy atom. The van der Waals surface area contributed by atoms with E-state index in [2.05, 4.69) is 24.1 Å². The molecule has 0 bridgehead atoms. The van der Waals surface area contributed by atoms with Gasteiger partial charge in [0, 0.05) is 16.6 Å². The number of amides is 1. The Balaban J connectivity index is 2.24. The molecule has 0 radical (unpaired) electrons. The van der Waals surface area contributed by atoms with E-state index in [1.807, 2.05) is 35.9 Å². The van der Waals surface area contributed by atoms with Gasteiger partial charge in [-0.15, -0.1) is 0 Å². The van der Waals surface area contributed by atoms with E-state index in [9.17, 15) is 4.79 Å². The van der Waals surface area contributed by atoms with Crippen LogP contribution in [0.25, 0.3) is 0 Å². The zero-order valence-electron chi connectivity index (χ0n) is 12.2. The van der Waals surface area contributed by atoms with E-state index in [1.54, 1.807) is 0 Å². The monoisotopic (exact) mass is 298 g/mol. The molecule has 1 heterocycles. The van der Waals surface area contributed by atoms with Gasteiger partial charge < -0.3 is 11.1 Å². The Labute approximate surface area is 129 Å². The summed E-state index contributed by atoms with van der Waals surface area (Å²) >= 11 is 1.54. The molecule has 0 spiro atoms. The molecule has 0 saturated heterocycles. The third kappa shape index (κ3) is 3.72. The first kappa shape index (κ1) is 15.3. The second-order valence-corrected chi connectivity index (χ2v) is 5.40. The maximum atomic E-state index is 12.3. The predicted octanol–water partition coefficient (Wildman–Crippen LogP) is 3.18. The minimum atomic E-state index is -0.0655. The van der Waals surface area contributed by atoms with Gasteiger partial charge in [-0.3, -0.25) is 4.79 Å². The summed E-state index contributed by atoms with van der Waals surface area (Å²) in [5.74, 6) is 5.78. The van der Waals surface area contributed by atoms with Gasteiger partial charge in [-0.1, -0.05) is 18.8 Å². The third-order valence-corrected chi connectivity index (χ3v) is 4.03. The van der Waals surface area contributed by atoms with E-state index in [4.69, 9.17) is 5.73 Å². The summed E-state index contributed by atoms with van der Waals surface area (Å²) < 4.78 is 0. The molecule has 0 aliphatic carbocycles. The number of rotatable bonds is 3. The fourth-order valence-corrected chi connectivity index (χ4v) is 2.85. The highest BCUT2D eigenvalue weighted by Crippen LogP contribution is 2.21. The summed E-state index contributed by atoms with van der Waals surface area (Å²) in [6.45, 7) is 4.34. The molecule has 0 unspecified atom stereocenters. The fraction of sp³-hybridized carbons (Fsp3) is 0.235. The summed E-state index contributed by atoms with van der Waals surface area (Å²) in [5.41, 5.74) is 9.94. The summed E-state index contributed by atoms with van der Waals surface area (Å²) in [6, 6.07) is 5.80. The van der Waals surface area contributed by atoms with Crippen LogP contribution in [0.1, 0.15) is 34.0 Å². The van der Waals surface area contributed by atoms with Crippen LogP contribution in [0.2, 0.25) is 0 Å². The van der Waals surface area contributed by atoms with Crippen molar-refractivity contribution in [3.05, 3.63) is 51.2 Å². The van der Waals surface area contributed by atoms with Crippen LogP contribution in [-0.4, -0.2) is 12.5 Å². The van der Waals surface area contributed by atoms with Gasteiger partial charge >= 0.3 is 0 Å². The van der Waals surface area contributed by atoms with Crippen LogP contribution in [0.4, 0.5) is 5.69 Å². The lowest BCUT2D eigenvalue weighted by Crippen LogP contribution is -2.13. The van der Waals surface area contributed by atoms with Crippen LogP contribution in [0.15, 0.2) is 29.0 Å². The standard InChI is InChI=1S/C17H18N2OS/c1-3-14-9-13(5-4-8-18)6-7-16(14)19-17(20)15-11-21-10-12(15)2/h6-7,9-11H,3,8,18H2,1-2H3,(H,19,20). The predicted molar refractivity (Wildman–Crippen MR) is 88.8 cm³/mol. The molecule has 2 aromatic rings. The lowest BCUT2D eigenvalue weighted by molar-refractivity contribution is 0.102. The van der Waals surface area contributed by atoms with Crippen molar-refractivity contribution in [1.82, 2.24) is 0 Å². The number of hydrogen-bond acceptors (Lipinski definition) is 3. The molecular weight excluding hydrogens is 280 g/mol. The Hall–Kier alpha value is -2.09. The van der Waals surface area contributed by atoms with E-state index in [0.717, 1.165) is 34.4 Å². The molecule has 1 aromatic carbocycles. The van der Waals surface area contributed by atoms with E-state index < -0.39 is 0 Å². The normalized spacial score (nSPS) is 9.86. The Morgan fingerprint density at radius 2 is 2.19 bits per heavy atom. The average molecular weight is 298 g/mol. The quantitative estimate of drug-likeness (QED) is 0.855. The molecule has 0 fully saturated rings. The number of nitrogens with one attached hydrogen (secondary N) is 1. The Bertz CT molecular complexity index is 707. The lowest BCUT2D eigenvalue weighted by Gasteiger charge is -2.10. The van der Waals surface area contributed by atoms with Gasteiger partial charge in [-0.2, -0.15) is 11.3 Å².